The number of nitrogens with zero attached hydrogens (tertiary/aromatic N) is 3. The van der Waals surface area contributed by atoms with Gasteiger partial charge in [-0.05, 0) is 24.6 Å². The third kappa shape index (κ3) is 3.61. The van der Waals surface area contributed by atoms with E-state index in [4.69, 9.17) is 4.74 Å². The molecule has 2 heterocycles. The summed E-state index contributed by atoms with van der Waals surface area (Å²) in [5, 5.41) is 11.8. The number of nitrogens with one attached hydrogen (secondary N) is 1. The number of anilines is 1. The lowest BCUT2D eigenvalue weighted by Crippen LogP contribution is -2.35. The number of morpholine rings is 1. The lowest BCUT2D eigenvalue weighted by atomic mass is 10.0. The molecule has 1 N–H and O–H groups in total. The van der Waals surface area contributed by atoms with Crippen molar-refractivity contribution in [3.63, 3.8) is 0 Å². The van der Waals surface area contributed by atoms with Gasteiger partial charge in [0.1, 0.15) is 5.82 Å². The zero-order valence-corrected chi connectivity index (χ0v) is 13.0. The summed E-state index contributed by atoms with van der Waals surface area (Å²) >= 11 is 0. The van der Waals surface area contributed by atoms with Gasteiger partial charge in [0.05, 0.1) is 18.9 Å². The minimum atomic E-state index is 0.817. The second-order valence-electron chi connectivity index (χ2n) is 5.38. The molecule has 116 valence electrons. The molecule has 1 aromatic heterocycles. The number of rotatable bonds is 5. The molecule has 1 fully saturated rings. The van der Waals surface area contributed by atoms with Crippen molar-refractivity contribution >= 4 is 5.82 Å². The molecule has 2 aromatic rings. The Bertz CT molecular complexity index is 594. The first kappa shape index (κ1) is 14.9. The maximum absolute atomic E-state index is 5.42. The van der Waals surface area contributed by atoms with Crippen molar-refractivity contribution in [2.75, 3.05) is 38.2 Å². The van der Waals surface area contributed by atoms with Gasteiger partial charge in [0, 0.05) is 31.7 Å². The minimum Gasteiger partial charge on any atom is -0.379 e. The second kappa shape index (κ2) is 7.33. The molecule has 0 spiro atoms. The van der Waals surface area contributed by atoms with E-state index < -0.39 is 0 Å². The predicted octanol–water partition coefficient (Wildman–Crippen LogP) is 2.41. The van der Waals surface area contributed by atoms with E-state index in [1.54, 1.807) is 0 Å². The van der Waals surface area contributed by atoms with Crippen molar-refractivity contribution in [3.05, 3.63) is 42.0 Å². The fraction of sp³-hybridized carbons (Fsp3) is 0.412. The lowest BCUT2D eigenvalue weighted by molar-refractivity contribution is 0.0342. The van der Waals surface area contributed by atoms with Crippen LogP contribution in [0.5, 0.6) is 0 Å². The highest BCUT2D eigenvalue weighted by molar-refractivity contribution is 5.63. The van der Waals surface area contributed by atoms with Crippen LogP contribution in [0.2, 0.25) is 0 Å². The minimum absolute atomic E-state index is 0.817. The van der Waals surface area contributed by atoms with Crippen LogP contribution in [0.25, 0.3) is 11.3 Å². The van der Waals surface area contributed by atoms with Gasteiger partial charge >= 0.3 is 0 Å². The first-order chi connectivity index (χ1) is 10.9. The molecule has 0 bridgehead atoms. The molecule has 1 aromatic carbocycles. The van der Waals surface area contributed by atoms with Crippen LogP contribution in [0, 0.1) is 0 Å². The summed E-state index contributed by atoms with van der Waals surface area (Å²) in [6.45, 7) is 7.43. The highest BCUT2D eigenvalue weighted by atomic mass is 16.5. The van der Waals surface area contributed by atoms with Crippen LogP contribution in [0.3, 0.4) is 0 Å². The van der Waals surface area contributed by atoms with E-state index in [0.717, 1.165) is 56.5 Å². The van der Waals surface area contributed by atoms with Gasteiger partial charge in [-0.15, -0.1) is 10.2 Å². The molecule has 22 heavy (non-hydrogen) atoms. The second-order valence-corrected chi connectivity index (χ2v) is 5.38. The summed E-state index contributed by atoms with van der Waals surface area (Å²) in [5.41, 5.74) is 3.37. The molecule has 1 saturated heterocycles. The van der Waals surface area contributed by atoms with Gasteiger partial charge in [-0.2, -0.15) is 0 Å². The molecular weight excluding hydrogens is 276 g/mol. The van der Waals surface area contributed by atoms with E-state index in [2.05, 4.69) is 44.7 Å². The molecule has 3 rings (SSSR count). The Balaban J connectivity index is 1.80. The largest absolute Gasteiger partial charge is 0.379 e. The van der Waals surface area contributed by atoms with Crippen LogP contribution in [-0.4, -0.2) is 47.9 Å². The number of benzene rings is 1. The van der Waals surface area contributed by atoms with E-state index in [-0.39, 0.29) is 0 Å². The van der Waals surface area contributed by atoms with Crippen LogP contribution in [-0.2, 0) is 11.3 Å². The first-order valence-electron chi connectivity index (χ1n) is 7.83. The molecular formula is C17H22N4O. The van der Waals surface area contributed by atoms with Gasteiger partial charge in [0.25, 0.3) is 0 Å². The number of hydrogen-bond acceptors (Lipinski definition) is 5. The van der Waals surface area contributed by atoms with Gasteiger partial charge in [-0.25, -0.2) is 0 Å². The summed E-state index contributed by atoms with van der Waals surface area (Å²) in [7, 11) is 0. The summed E-state index contributed by atoms with van der Waals surface area (Å²) in [5.74, 6) is 0.817. The normalized spacial score (nSPS) is 15.7. The van der Waals surface area contributed by atoms with Crippen molar-refractivity contribution in [1.29, 1.82) is 0 Å². The van der Waals surface area contributed by atoms with Gasteiger partial charge < -0.3 is 10.1 Å². The molecule has 0 amide bonds. The van der Waals surface area contributed by atoms with Gasteiger partial charge in [0.2, 0.25) is 0 Å². The molecule has 1 aliphatic heterocycles. The monoisotopic (exact) mass is 298 g/mol. The van der Waals surface area contributed by atoms with Crippen molar-refractivity contribution in [3.8, 4) is 11.3 Å². The quantitative estimate of drug-likeness (QED) is 0.918. The van der Waals surface area contributed by atoms with E-state index in [0.29, 0.717) is 0 Å². The van der Waals surface area contributed by atoms with Crippen LogP contribution in [0.4, 0.5) is 5.82 Å². The van der Waals surface area contributed by atoms with Crippen molar-refractivity contribution in [2.45, 2.75) is 13.5 Å². The number of ether oxygens (including phenoxy) is 1. The van der Waals surface area contributed by atoms with Gasteiger partial charge in [-0.1, -0.05) is 24.3 Å². The molecule has 5 nitrogen and oxygen atoms in total. The third-order valence-corrected chi connectivity index (χ3v) is 3.81. The Hall–Kier alpha value is -1.98. The maximum atomic E-state index is 5.42. The summed E-state index contributed by atoms with van der Waals surface area (Å²) in [6, 6.07) is 12.4. The Morgan fingerprint density at radius 2 is 1.91 bits per heavy atom. The molecule has 5 heteroatoms. The molecule has 0 atom stereocenters. The third-order valence-electron chi connectivity index (χ3n) is 3.81. The molecule has 1 aliphatic rings. The molecule has 0 aliphatic carbocycles. The van der Waals surface area contributed by atoms with E-state index in [1.165, 1.54) is 5.56 Å². The summed E-state index contributed by atoms with van der Waals surface area (Å²) in [4.78, 5) is 2.42. The highest BCUT2D eigenvalue weighted by Crippen LogP contribution is 2.23. The predicted molar refractivity (Wildman–Crippen MR) is 87.7 cm³/mol. The summed E-state index contributed by atoms with van der Waals surface area (Å²) < 4.78 is 5.42. The van der Waals surface area contributed by atoms with Crippen LogP contribution in [0.1, 0.15) is 12.5 Å². The maximum Gasteiger partial charge on any atom is 0.148 e. The Morgan fingerprint density at radius 1 is 1.09 bits per heavy atom. The van der Waals surface area contributed by atoms with Crippen LogP contribution in [0.15, 0.2) is 36.4 Å². The van der Waals surface area contributed by atoms with E-state index in [9.17, 15) is 0 Å². The smallest absolute Gasteiger partial charge is 0.148 e. The van der Waals surface area contributed by atoms with Crippen molar-refractivity contribution in [2.24, 2.45) is 0 Å². The lowest BCUT2D eigenvalue weighted by Gasteiger charge is -2.27. The van der Waals surface area contributed by atoms with E-state index >= 15 is 0 Å². The van der Waals surface area contributed by atoms with Crippen molar-refractivity contribution in [1.82, 2.24) is 15.1 Å². The number of hydrogen-bond donors (Lipinski definition) is 1. The van der Waals surface area contributed by atoms with Crippen LogP contribution < -0.4 is 5.32 Å². The first-order valence-corrected chi connectivity index (χ1v) is 7.83. The fourth-order valence-electron chi connectivity index (χ4n) is 2.66. The van der Waals surface area contributed by atoms with E-state index in [1.807, 2.05) is 19.1 Å². The van der Waals surface area contributed by atoms with Crippen LogP contribution >= 0.6 is 0 Å². The zero-order valence-electron chi connectivity index (χ0n) is 13.0. The standard InChI is InChI=1S/C17H22N4O/c1-2-18-17-8-7-16(19-20-17)15-6-4-3-5-14(15)13-21-9-11-22-12-10-21/h3-8H,2,9-13H2,1H3,(H,18,20). The average molecular weight is 298 g/mol. The summed E-state index contributed by atoms with van der Waals surface area (Å²) in [6.07, 6.45) is 0. The molecule has 0 radical (unpaired) electrons. The average Bonchev–Trinajstić information content (AvgIpc) is 2.58. The topological polar surface area (TPSA) is 50.3 Å². The Morgan fingerprint density at radius 3 is 2.64 bits per heavy atom. The zero-order chi connectivity index (χ0) is 15.2. The van der Waals surface area contributed by atoms with Gasteiger partial charge in [-0.3, -0.25) is 4.90 Å². The number of aromatic nitrogens is 2. The Kier molecular flexibility index (Phi) is 4.98. The molecule has 0 unspecified atom stereocenters. The Labute approximate surface area is 131 Å². The van der Waals surface area contributed by atoms with Gasteiger partial charge in [0.15, 0.2) is 0 Å². The fourth-order valence-corrected chi connectivity index (χ4v) is 2.66. The SMILES string of the molecule is CCNc1ccc(-c2ccccc2CN2CCOCC2)nn1. The highest BCUT2D eigenvalue weighted by Gasteiger charge is 2.14. The van der Waals surface area contributed by atoms with Crippen molar-refractivity contribution < 1.29 is 4.74 Å². The molecule has 0 saturated carbocycles.